The minimum absolute atomic E-state index is 0.319. The van der Waals surface area contributed by atoms with Gasteiger partial charge in [-0.3, -0.25) is 4.68 Å². The summed E-state index contributed by atoms with van der Waals surface area (Å²) >= 11 is 0. The highest BCUT2D eigenvalue weighted by Gasteiger charge is 2.04. The lowest BCUT2D eigenvalue weighted by molar-refractivity contribution is 0.520. The molecule has 0 aliphatic heterocycles. The van der Waals surface area contributed by atoms with Gasteiger partial charge in [0.1, 0.15) is 0 Å². The maximum Gasteiger partial charge on any atom is 0.0625 e. The second-order valence-corrected chi connectivity index (χ2v) is 4.09. The molecule has 0 amide bonds. The lowest BCUT2D eigenvalue weighted by Gasteiger charge is -2.06. The number of nitrogens with zero attached hydrogens (tertiary/aromatic N) is 2. The smallest absolute Gasteiger partial charge is 0.0625 e. The number of hydrogen-bond donors (Lipinski definition) is 1. The molecular formula is C11H21N3. The molecule has 0 saturated carbocycles. The summed E-state index contributed by atoms with van der Waals surface area (Å²) in [5, 5.41) is 4.48. The highest BCUT2D eigenvalue weighted by Crippen LogP contribution is 2.07. The first-order valence-electron chi connectivity index (χ1n) is 5.43. The van der Waals surface area contributed by atoms with Crippen molar-refractivity contribution in [2.24, 2.45) is 5.73 Å². The minimum Gasteiger partial charge on any atom is -0.328 e. The molecule has 0 spiro atoms. The van der Waals surface area contributed by atoms with Crippen LogP contribution in [0.15, 0.2) is 12.3 Å². The number of aromatic nitrogens is 2. The van der Waals surface area contributed by atoms with Crippen LogP contribution in [0.25, 0.3) is 0 Å². The summed E-state index contributed by atoms with van der Waals surface area (Å²) in [5.74, 6) is 0. The van der Waals surface area contributed by atoms with E-state index in [4.69, 9.17) is 5.73 Å². The molecule has 0 aromatic carbocycles. The SMILES string of the molecule is CCC(N)CCc1ccn(C(C)C)n1. The van der Waals surface area contributed by atoms with Gasteiger partial charge in [0.25, 0.3) is 0 Å². The van der Waals surface area contributed by atoms with Crippen molar-refractivity contribution in [1.29, 1.82) is 0 Å². The maximum absolute atomic E-state index is 5.85. The van der Waals surface area contributed by atoms with Crippen molar-refractivity contribution in [3.63, 3.8) is 0 Å². The zero-order valence-corrected chi connectivity index (χ0v) is 9.40. The molecule has 14 heavy (non-hydrogen) atoms. The van der Waals surface area contributed by atoms with Gasteiger partial charge in [-0.2, -0.15) is 5.10 Å². The molecule has 2 N–H and O–H groups in total. The average Bonchev–Trinajstić information content (AvgIpc) is 2.62. The fraction of sp³-hybridized carbons (Fsp3) is 0.727. The van der Waals surface area contributed by atoms with Crippen molar-refractivity contribution in [2.75, 3.05) is 0 Å². The molecule has 80 valence electrons. The summed E-state index contributed by atoms with van der Waals surface area (Å²) in [5.41, 5.74) is 7.01. The summed E-state index contributed by atoms with van der Waals surface area (Å²) < 4.78 is 1.99. The van der Waals surface area contributed by atoms with Crippen LogP contribution in [0, 0.1) is 0 Å². The van der Waals surface area contributed by atoms with Crippen LogP contribution in [0.2, 0.25) is 0 Å². The van der Waals surface area contributed by atoms with Crippen molar-refractivity contribution < 1.29 is 0 Å². The average molecular weight is 195 g/mol. The number of rotatable bonds is 5. The molecule has 1 aromatic heterocycles. The first-order valence-corrected chi connectivity index (χ1v) is 5.43. The lowest BCUT2D eigenvalue weighted by atomic mass is 10.1. The molecule has 3 nitrogen and oxygen atoms in total. The summed E-state index contributed by atoms with van der Waals surface area (Å²) in [6.45, 7) is 6.39. The molecule has 1 rings (SSSR count). The third-order valence-corrected chi connectivity index (χ3v) is 2.49. The van der Waals surface area contributed by atoms with Crippen LogP contribution in [0.3, 0.4) is 0 Å². The largest absolute Gasteiger partial charge is 0.328 e. The van der Waals surface area contributed by atoms with E-state index in [9.17, 15) is 0 Å². The normalized spacial score (nSPS) is 13.5. The number of hydrogen-bond acceptors (Lipinski definition) is 2. The van der Waals surface area contributed by atoms with Crippen molar-refractivity contribution in [3.8, 4) is 0 Å². The van der Waals surface area contributed by atoms with Gasteiger partial charge < -0.3 is 5.73 Å². The zero-order chi connectivity index (χ0) is 10.6. The van der Waals surface area contributed by atoms with Crippen molar-refractivity contribution in [2.45, 2.75) is 52.1 Å². The van der Waals surface area contributed by atoms with Gasteiger partial charge in [-0.1, -0.05) is 6.92 Å². The Kier molecular flexibility index (Phi) is 4.14. The molecule has 0 aliphatic carbocycles. The van der Waals surface area contributed by atoms with Crippen LogP contribution < -0.4 is 5.73 Å². The van der Waals surface area contributed by atoms with Gasteiger partial charge in [0, 0.05) is 18.3 Å². The van der Waals surface area contributed by atoms with Crippen LogP contribution >= 0.6 is 0 Å². The van der Waals surface area contributed by atoms with Gasteiger partial charge in [-0.05, 0) is 39.2 Å². The second-order valence-electron chi connectivity index (χ2n) is 4.09. The van der Waals surface area contributed by atoms with E-state index in [1.807, 2.05) is 10.9 Å². The van der Waals surface area contributed by atoms with E-state index in [2.05, 4.69) is 31.9 Å². The molecule has 0 aliphatic rings. The molecule has 0 radical (unpaired) electrons. The predicted molar refractivity (Wildman–Crippen MR) is 59.2 cm³/mol. The van der Waals surface area contributed by atoms with Gasteiger partial charge >= 0.3 is 0 Å². The molecule has 1 heterocycles. The van der Waals surface area contributed by atoms with E-state index < -0.39 is 0 Å². The van der Waals surface area contributed by atoms with Crippen LogP contribution in [-0.4, -0.2) is 15.8 Å². The Morgan fingerprint density at radius 1 is 1.50 bits per heavy atom. The lowest BCUT2D eigenvalue weighted by Crippen LogP contribution is -2.19. The van der Waals surface area contributed by atoms with Gasteiger partial charge in [-0.25, -0.2) is 0 Å². The summed E-state index contributed by atoms with van der Waals surface area (Å²) in [4.78, 5) is 0. The van der Waals surface area contributed by atoms with E-state index >= 15 is 0 Å². The number of aryl methyl sites for hydroxylation is 1. The van der Waals surface area contributed by atoms with Crippen molar-refractivity contribution >= 4 is 0 Å². The van der Waals surface area contributed by atoms with Crippen LogP contribution in [0.4, 0.5) is 0 Å². The first-order chi connectivity index (χ1) is 6.63. The molecular weight excluding hydrogens is 174 g/mol. The highest BCUT2D eigenvalue weighted by molar-refractivity contribution is 5.00. The van der Waals surface area contributed by atoms with Gasteiger partial charge in [0.2, 0.25) is 0 Å². The number of nitrogens with two attached hydrogens (primary N) is 1. The summed E-state index contributed by atoms with van der Waals surface area (Å²) in [6, 6.07) is 2.85. The summed E-state index contributed by atoms with van der Waals surface area (Å²) in [7, 11) is 0. The van der Waals surface area contributed by atoms with Gasteiger partial charge in [-0.15, -0.1) is 0 Å². The molecule has 1 aromatic rings. The van der Waals surface area contributed by atoms with Gasteiger partial charge in [0.15, 0.2) is 0 Å². The third-order valence-electron chi connectivity index (χ3n) is 2.49. The fourth-order valence-corrected chi connectivity index (χ4v) is 1.34. The second kappa shape index (κ2) is 5.15. The molecule has 0 saturated heterocycles. The predicted octanol–water partition coefficient (Wildman–Crippen LogP) is 2.13. The van der Waals surface area contributed by atoms with Crippen LogP contribution in [0.5, 0.6) is 0 Å². The Labute approximate surface area is 86.3 Å². The Hall–Kier alpha value is -0.830. The molecule has 0 fully saturated rings. The standard InChI is InChI=1S/C11H21N3/c1-4-10(12)5-6-11-7-8-14(13-11)9(2)3/h7-10H,4-6,12H2,1-3H3. The third kappa shape index (κ3) is 3.14. The first kappa shape index (κ1) is 11.2. The highest BCUT2D eigenvalue weighted by atomic mass is 15.3. The molecule has 3 heteroatoms. The fourth-order valence-electron chi connectivity index (χ4n) is 1.34. The van der Waals surface area contributed by atoms with E-state index in [0.717, 1.165) is 25.0 Å². The van der Waals surface area contributed by atoms with Crippen molar-refractivity contribution in [1.82, 2.24) is 9.78 Å². The minimum atomic E-state index is 0.319. The van der Waals surface area contributed by atoms with Crippen LogP contribution in [-0.2, 0) is 6.42 Å². The quantitative estimate of drug-likeness (QED) is 0.782. The van der Waals surface area contributed by atoms with Gasteiger partial charge in [0.05, 0.1) is 5.69 Å². The maximum atomic E-state index is 5.85. The summed E-state index contributed by atoms with van der Waals surface area (Å²) in [6.07, 6.45) is 5.11. The Balaban J connectivity index is 2.44. The molecule has 0 bridgehead atoms. The van der Waals surface area contributed by atoms with E-state index in [1.54, 1.807) is 0 Å². The van der Waals surface area contributed by atoms with E-state index in [0.29, 0.717) is 12.1 Å². The topological polar surface area (TPSA) is 43.8 Å². The van der Waals surface area contributed by atoms with E-state index in [-0.39, 0.29) is 0 Å². The van der Waals surface area contributed by atoms with E-state index in [1.165, 1.54) is 0 Å². The van der Waals surface area contributed by atoms with Crippen molar-refractivity contribution in [3.05, 3.63) is 18.0 Å². The van der Waals surface area contributed by atoms with Crippen LogP contribution in [0.1, 0.15) is 45.3 Å². The Bertz CT molecular complexity index is 265. The Morgan fingerprint density at radius 2 is 2.21 bits per heavy atom. The Morgan fingerprint density at radius 3 is 2.71 bits per heavy atom. The molecule has 1 atom stereocenters. The molecule has 1 unspecified atom stereocenters. The zero-order valence-electron chi connectivity index (χ0n) is 9.40. The monoisotopic (exact) mass is 195 g/mol.